The van der Waals surface area contributed by atoms with Crippen molar-refractivity contribution in [3.8, 4) is 0 Å². The zero-order valence-electron chi connectivity index (χ0n) is 12.4. The summed E-state index contributed by atoms with van der Waals surface area (Å²) < 4.78 is 6.07. The molecule has 0 spiro atoms. The molecule has 2 N–H and O–H groups in total. The number of hydrogen-bond acceptors (Lipinski definition) is 3. The molecule has 0 radical (unpaired) electrons. The fourth-order valence-electron chi connectivity index (χ4n) is 3.09. The zero-order chi connectivity index (χ0) is 13.3. The fraction of sp³-hybridized carbons (Fsp3) is 1.00. The quantitative estimate of drug-likeness (QED) is 0.822. The summed E-state index contributed by atoms with van der Waals surface area (Å²) in [5.74, 6) is 0.673. The maximum Gasteiger partial charge on any atom is 0.0760 e. The summed E-state index contributed by atoms with van der Waals surface area (Å²) in [7, 11) is 0. The van der Waals surface area contributed by atoms with Gasteiger partial charge in [0.05, 0.1) is 11.2 Å². The summed E-state index contributed by atoms with van der Waals surface area (Å²) in [4.78, 5) is 2.45. The molecule has 1 heterocycles. The van der Waals surface area contributed by atoms with Gasteiger partial charge in [0.2, 0.25) is 0 Å². The molecular formula is C14H30N2O. The Hall–Kier alpha value is -0.120. The van der Waals surface area contributed by atoms with Crippen LogP contribution in [-0.2, 0) is 4.74 Å². The van der Waals surface area contributed by atoms with E-state index in [9.17, 15) is 0 Å². The van der Waals surface area contributed by atoms with E-state index in [1.165, 1.54) is 0 Å². The fourth-order valence-corrected chi connectivity index (χ4v) is 3.09. The second kappa shape index (κ2) is 5.25. The van der Waals surface area contributed by atoms with Gasteiger partial charge in [-0.25, -0.2) is 0 Å². The highest BCUT2D eigenvalue weighted by atomic mass is 16.5. The number of ether oxygens (including phenoxy) is 1. The van der Waals surface area contributed by atoms with E-state index in [0.29, 0.717) is 5.92 Å². The zero-order valence-corrected chi connectivity index (χ0v) is 12.4. The van der Waals surface area contributed by atoms with E-state index in [1.54, 1.807) is 0 Å². The maximum absolute atomic E-state index is 6.20. The Kier molecular flexibility index (Phi) is 4.61. The lowest BCUT2D eigenvalue weighted by Crippen LogP contribution is -2.59. The summed E-state index contributed by atoms with van der Waals surface area (Å²) in [6, 6.07) is 0.277. The van der Waals surface area contributed by atoms with Crippen LogP contribution in [0.25, 0.3) is 0 Å². The summed E-state index contributed by atoms with van der Waals surface area (Å²) in [5.41, 5.74) is 6.06. The topological polar surface area (TPSA) is 38.5 Å². The van der Waals surface area contributed by atoms with Crippen molar-refractivity contribution in [3.05, 3.63) is 0 Å². The molecule has 3 nitrogen and oxygen atoms in total. The molecule has 1 atom stereocenters. The lowest BCUT2D eigenvalue weighted by molar-refractivity contribution is -0.181. The molecule has 1 fully saturated rings. The molecule has 0 bridgehead atoms. The van der Waals surface area contributed by atoms with Crippen LogP contribution in [0.3, 0.4) is 0 Å². The first kappa shape index (κ1) is 14.9. The van der Waals surface area contributed by atoms with Gasteiger partial charge in [-0.2, -0.15) is 0 Å². The minimum Gasteiger partial charge on any atom is -0.367 e. The Morgan fingerprint density at radius 3 is 2.00 bits per heavy atom. The molecule has 0 aromatic rings. The normalized spacial score (nSPS) is 26.1. The minimum absolute atomic E-state index is 0.0701. The first-order valence-corrected chi connectivity index (χ1v) is 6.78. The first-order chi connectivity index (χ1) is 7.60. The third-order valence-corrected chi connectivity index (χ3v) is 3.03. The highest BCUT2D eigenvalue weighted by Crippen LogP contribution is 2.28. The Morgan fingerprint density at radius 1 is 1.12 bits per heavy atom. The van der Waals surface area contributed by atoms with Gasteiger partial charge in [-0.3, -0.25) is 4.90 Å². The van der Waals surface area contributed by atoms with Crippen LogP contribution in [0.15, 0.2) is 0 Å². The first-order valence-electron chi connectivity index (χ1n) is 6.78. The Balaban J connectivity index is 2.53. The monoisotopic (exact) mass is 242 g/mol. The molecule has 1 saturated heterocycles. The van der Waals surface area contributed by atoms with Crippen molar-refractivity contribution in [1.29, 1.82) is 0 Å². The van der Waals surface area contributed by atoms with Crippen LogP contribution in [0, 0.1) is 5.92 Å². The molecule has 0 saturated carbocycles. The number of nitrogens with two attached hydrogens (primary N) is 1. The average Bonchev–Trinajstić information content (AvgIpc) is 1.93. The van der Waals surface area contributed by atoms with E-state index in [2.05, 4.69) is 46.4 Å². The molecule has 102 valence electrons. The number of hydrogen-bond donors (Lipinski definition) is 1. The standard InChI is InChI=1S/C14H30N2O/c1-11(2)7-12(15)8-16-9-13(3,4)17-14(5,6)10-16/h11-12H,7-10,15H2,1-6H3. The minimum atomic E-state index is -0.0701. The van der Waals surface area contributed by atoms with Gasteiger partial charge in [-0.05, 0) is 40.0 Å². The van der Waals surface area contributed by atoms with Crippen LogP contribution in [0.4, 0.5) is 0 Å². The van der Waals surface area contributed by atoms with Crippen LogP contribution in [0.2, 0.25) is 0 Å². The van der Waals surface area contributed by atoms with Crippen molar-refractivity contribution in [2.24, 2.45) is 11.7 Å². The van der Waals surface area contributed by atoms with E-state index in [0.717, 1.165) is 26.1 Å². The molecule has 17 heavy (non-hydrogen) atoms. The van der Waals surface area contributed by atoms with E-state index >= 15 is 0 Å². The molecule has 1 rings (SSSR count). The Morgan fingerprint density at radius 2 is 1.59 bits per heavy atom. The van der Waals surface area contributed by atoms with E-state index < -0.39 is 0 Å². The van der Waals surface area contributed by atoms with Gasteiger partial charge >= 0.3 is 0 Å². The number of rotatable bonds is 4. The van der Waals surface area contributed by atoms with Gasteiger partial charge in [-0.15, -0.1) is 0 Å². The number of nitrogens with zero attached hydrogens (tertiary/aromatic N) is 1. The van der Waals surface area contributed by atoms with Crippen molar-refractivity contribution in [2.75, 3.05) is 19.6 Å². The lowest BCUT2D eigenvalue weighted by Gasteiger charge is -2.47. The van der Waals surface area contributed by atoms with Gasteiger partial charge in [0.1, 0.15) is 0 Å². The van der Waals surface area contributed by atoms with Gasteiger partial charge in [0.25, 0.3) is 0 Å². The van der Waals surface area contributed by atoms with Crippen LogP contribution in [-0.4, -0.2) is 41.8 Å². The van der Waals surface area contributed by atoms with Crippen LogP contribution >= 0.6 is 0 Å². The van der Waals surface area contributed by atoms with E-state index in [-0.39, 0.29) is 17.2 Å². The molecule has 0 aromatic heterocycles. The second-order valence-corrected chi connectivity index (χ2v) is 7.18. The lowest BCUT2D eigenvalue weighted by atomic mass is 9.97. The van der Waals surface area contributed by atoms with Gasteiger partial charge in [0.15, 0.2) is 0 Å². The average molecular weight is 242 g/mol. The van der Waals surface area contributed by atoms with Crippen LogP contribution < -0.4 is 5.73 Å². The Bertz CT molecular complexity index is 233. The van der Waals surface area contributed by atoms with E-state index in [4.69, 9.17) is 10.5 Å². The molecule has 0 amide bonds. The second-order valence-electron chi connectivity index (χ2n) is 7.18. The molecule has 1 aliphatic rings. The maximum atomic E-state index is 6.20. The van der Waals surface area contributed by atoms with Gasteiger partial charge in [0, 0.05) is 25.7 Å². The summed E-state index contributed by atoms with van der Waals surface area (Å²) in [6.07, 6.45) is 1.10. The smallest absolute Gasteiger partial charge is 0.0760 e. The predicted octanol–water partition coefficient (Wildman–Crippen LogP) is 2.25. The molecule has 1 aliphatic heterocycles. The summed E-state index contributed by atoms with van der Waals surface area (Å²) in [6.45, 7) is 16.0. The molecule has 3 heteroatoms. The van der Waals surface area contributed by atoms with Crippen LogP contribution in [0.5, 0.6) is 0 Å². The predicted molar refractivity (Wildman–Crippen MR) is 73.1 cm³/mol. The SMILES string of the molecule is CC(C)CC(N)CN1CC(C)(C)OC(C)(C)C1. The van der Waals surface area contributed by atoms with Crippen LogP contribution in [0.1, 0.15) is 48.0 Å². The largest absolute Gasteiger partial charge is 0.367 e. The number of morpholine rings is 1. The van der Waals surface area contributed by atoms with Crippen molar-refractivity contribution in [3.63, 3.8) is 0 Å². The molecule has 0 aliphatic carbocycles. The Labute approximate surface area is 107 Å². The van der Waals surface area contributed by atoms with Crippen molar-refractivity contribution in [1.82, 2.24) is 4.90 Å². The molecular weight excluding hydrogens is 212 g/mol. The van der Waals surface area contributed by atoms with Gasteiger partial charge in [-0.1, -0.05) is 13.8 Å². The third-order valence-electron chi connectivity index (χ3n) is 3.03. The van der Waals surface area contributed by atoms with Crippen molar-refractivity contribution >= 4 is 0 Å². The summed E-state index contributed by atoms with van der Waals surface area (Å²) >= 11 is 0. The van der Waals surface area contributed by atoms with Gasteiger partial charge < -0.3 is 10.5 Å². The third kappa shape index (κ3) is 5.36. The highest BCUT2D eigenvalue weighted by Gasteiger charge is 2.38. The molecule has 0 aromatic carbocycles. The van der Waals surface area contributed by atoms with Crippen molar-refractivity contribution < 1.29 is 4.74 Å². The highest BCUT2D eigenvalue weighted by molar-refractivity contribution is 4.90. The van der Waals surface area contributed by atoms with Crippen molar-refractivity contribution in [2.45, 2.75) is 65.2 Å². The molecule has 1 unspecified atom stereocenters. The summed E-state index contributed by atoms with van der Waals surface area (Å²) in [5, 5.41) is 0. The van der Waals surface area contributed by atoms with E-state index in [1.807, 2.05) is 0 Å².